The Morgan fingerprint density at radius 2 is 2.29 bits per heavy atom. The van der Waals surface area contributed by atoms with Crippen LogP contribution in [0.2, 0.25) is 0 Å². The van der Waals surface area contributed by atoms with Gasteiger partial charge in [0.25, 0.3) is 0 Å². The number of nitrogens with one attached hydrogen (secondary N) is 1. The van der Waals surface area contributed by atoms with Crippen LogP contribution >= 0.6 is 11.8 Å². The monoisotopic (exact) mass is 257 g/mol. The Kier molecular flexibility index (Phi) is 3.82. The molecule has 1 aromatic heterocycles. The highest BCUT2D eigenvalue weighted by atomic mass is 32.2. The summed E-state index contributed by atoms with van der Waals surface area (Å²) >= 11 is 1.58. The summed E-state index contributed by atoms with van der Waals surface area (Å²) in [5.41, 5.74) is 0. The summed E-state index contributed by atoms with van der Waals surface area (Å²) in [5.74, 6) is 0.508. The van der Waals surface area contributed by atoms with Gasteiger partial charge in [-0.25, -0.2) is 4.79 Å². The highest BCUT2D eigenvalue weighted by Crippen LogP contribution is 2.31. The van der Waals surface area contributed by atoms with Gasteiger partial charge in [0.15, 0.2) is 0 Å². The molecule has 1 aliphatic rings. The Morgan fingerprint density at radius 3 is 2.82 bits per heavy atom. The number of hydrogen-bond donors (Lipinski definition) is 2. The third kappa shape index (κ3) is 3.09. The van der Waals surface area contributed by atoms with Crippen LogP contribution < -0.4 is 0 Å². The highest BCUT2D eigenvalue weighted by Gasteiger charge is 2.27. The molecule has 0 bridgehead atoms. The molecule has 0 aliphatic carbocycles. The van der Waals surface area contributed by atoms with Crippen LogP contribution in [0.15, 0.2) is 5.16 Å². The number of carboxylic acid groups (broad SMARTS) is 1. The molecule has 2 heterocycles. The van der Waals surface area contributed by atoms with Crippen LogP contribution in [0, 0.1) is 5.92 Å². The molecule has 0 radical (unpaired) electrons. The van der Waals surface area contributed by atoms with Crippen LogP contribution in [-0.2, 0) is 0 Å². The van der Waals surface area contributed by atoms with Crippen molar-refractivity contribution in [1.29, 1.82) is 0 Å². The smallest absolute Gasteiger partial charge is 0.407 e. The predicted octanol–water partition coefficient (Wildman–Crippen LogP) is 1.07. The molecular formula is C9H15N5O2S. The zero-order valence-corrected chi connectivity index (χ0v) is 10.4. The van der Waals surface area contributed by atoms with Crippen LogP contribution in [0.1, 0.15) is 19.8 Å². The van der Waals surface area contributed by atoms with E-state index in [1.807, 2.05) is 0 Å². The molecule has 0 aromatic carbocycles. The van der Waals surface area contributed by atoms with Crippen molar-refractivity contribution in [1.82, 2.24) is 25.5 Å². The first kappa shape index (κ1) is 12.2. The van der Waals surface area contributed by atoms with Gasteiger partial charge in [0.05, 0.1) is 0 Å². The van der Waals surface area contributed by atoms with E-state index in [0.29, 0.717) is 29.4 Å². The molecule has 1 aliphatic heterocycles. The summed E-state index contributed by atoms with van der Waals surface area (Å²) in [6.07, 6.45) is 0.985. The van der Waals surface area contributed by atoms with Crippen LogP contribution in [0.5, 0.6) is 0 Å². The molecule has 1 atom stereocenters. The second kappa shape index (κ2) is 5.35. The number of thioether (sulfide) groups is 1. The van der Waals surface area contributed by atoms with Gasteiger partial charge in [-0.3, -0.25) is 0 Å². The molecule has 0 spiro atoms. The molecule has 94 valence electrons. The van der Waals surface area contributed by atoms with Crippen LogP contribution in [-0.4, -0.2) is 55.1 Å². The van der Waals surface area contributed by atoms with Crippen LogP contribution in [0.25, 0.3) is 0 Å². The van der Waals surface area contributed by atoms with Crippen molar-refractivity contribution in [3.63, 3.8) is 0 Å². The van der Waals surface area contributed by atoms with E-state index < -0.39 is 6.09 Å². The fourth-order valence-electron chi connectivity index (χ4n) is 2.03. The Labute approximate surface area is 103 Å². The van der Waals surface area contributed by atoms with Gasteiger partial charge in [0.1, 0.15) is 0 Å². The third-order valence-corrected chi connectivity index (χ3v) is 4.23. The number of aromatic amines is 1. The summed E-state index contributed by atoms with van der Waals surface area (Å²) in [5, 5.41) is 23.6. The first-order valence-corrected chi connectivity index (χ1v) is 6.42. The predicted molar refractivity (Wildman–Crippen MR) is 61.8 cm³/mol. The Balaban J connectivity index is 1.82. The molecule has 7 nitrogen and oxygen atoms in total. The summed E-state index contributed by atoms with van der Waals surface area (Å²) in [6, 6.07) is 0. The number of likely N-dealkylation sites (tertiary alicyclic amines) is 1. The Hall–Kier alpha value is -1.31. The number of nitrogens with zero attached hydrogens (tertiary/aromatic N) is 4. The normalized spacial score (nSPS) is 19.2. The molecular weight excluding hydrogens is 242 g/mol. The fraction of sp³-hybridized carbons (Fsp3) is 0.778. The zero-order valence-electron chi connectivity index (χ0n) is 9.54. The number of amides is 1. The van der Waals surface area contributed by atoms with Gasteiger partial charge in [-0.2, -0.15) is 5.21 Å². The lowest BCUT2D eigenvalue weighted by molar-refractivity contribution is 0.124. The Morgan fingerprint density at radius 1 is 1.59 bits per heavy atom. The fourth-order valence-corrected chi connectivity index (χ4v) is 3.00. The van der Waals surface area contributed by atoms with Crippen molar-refractivity contribution in [3.05, 3.63) is 0 Å². The van der Waals surface area contributed by atoms with Crippen molar-refractivity contribution in [2.45, 2.75) is 30.2 Å². The SMILES string of the molecule is CC(Sc1nn[nH]n1)C1CCN(C(=O)O)CC1. The van der Waals surface area contributed by atoms with Gasteiger partial charge in [0, 0.05) is 18.3 Å². The lowest BCUT2D eigenvalue weighted by Crippen LogP contribution is -2.39. The van der Waals surface area contributed by atoms with Crippen molar-refractivity contribution in [2.75, 3.05) is 13.1 Å². The average Bonchev–Trinajstić information content (AvgIpc) is 2.82. The Bertz CT molecular complexity index is 363. The molecule has 0 saturated carbocycles. The maximum absolute atomic E-state index is 10.8. The van der Waals surface area contributed by atoms with Gasteiger partial charge in [0.2, 0.25) is 5.16 Å². The second-order valence-corrected chi connectivity index (χ2v) is 5.47. The molecule has 1 saturated heterocycles. The minimum Gasteiger partial charge on any atom is -0.465 e. The first-order chi connectivity index (χ1) is 8.16. The van der Waals surface area contributed by atoms with Crippen molar-refractivity contribution in [3.8, 4) is 0 Å². The molecule has 2 rings (SSSR count). The molecule has 1 amide bonds. The second-order valence-electron chi connectivity index (χ2n) is 4.12. The summed E-state index contributed by atoms with van der Waals surface area (Å²) < 4.78 is 0. The third-order valence-electron chi connectivity index (χ3n) is 3.09. The molecule has 1 aromatic rings. The minimum atomic E-state index is -0.818. The van der Waals surface area contributed by atoms with Crippen LogP contribution in [0.3, 0.4) is 0 Å². The van der Waals surface area contributed by atoms with E-state index in [1.165, 1.54) is 4.90 Å². The number of H-pyrrole nitrogens is 1. The summed E-state index contributed by atoms with van der Waals surface area (Å²) in [7, 11) is 0. The van der Waals surface area contributed by atoms with E-state index in [9.17, 15) is 4.79 Å². The highest BCUT2D eigenvalue weighted by molar-refractivity contribution is 7.99. The van der Waals surface area contributed by atoms with E-state index in [2.05, 4.69) is 27.5 Å². The molecule has 2 N–H and O–H groups in total. The van der Waals surface area contributed by atoms with Crippen molar-refractivity contribution < 1.29 is 9.90 Å². The number of piperidine rings is 1. The van der Waals surface area contributed by atoms with Gasteiger partial charge in [-0.05, 0) is 24.0 Å². The maximum Gasteiger partial charge on any atom is 0.407 e. The molecule has 17 heavy (non-hydrogen) atoms. The van der Waals surface area contributed by atoms with E-state index in [1.54, 1.807) is 11.8 Å². The topological polar surface area (TPSA) is 95.0 Å². The number of tetrazole rings is 1. The van der Waals surface area contributed by atoms with E-state index in [-0.39, 0.29) is 0 Å². The maximum atomic E-state index is 10.8. The standard InChI is InChI=1S/C9H15N5O2S/c1-6(17-8-10-12-13-11-8)7-2-4-14(5-3-7)9(15)16/h6-7H,2-5H2,1H3,(H,15,16)(H,10,11,12,13). The number of hydrogen-bond acceptors (Lipinski definition) is 5. The van der Waals surface area contributed by atoms with E-state index in [4.69, 9.17) is 5.11 Å². The number of carbonyl (C=O) groups is 1. The van der Waals surface area contributed by atoms with Crippen molar-refractivity contribution >= 4 is 17.9 Å². The first-order valence-electron chi connectivity index (χ1n) is 5.55. The lowest BCUT2D eigenvalue weighted by Gasteiger charge is -2.32. The van der Waals surface area contributed by atoms with Gasteiger partial charge < -0.3 is 10.0 Å². The van der Waals surface area contributed by atoms with Gasteiger partial charge in [-0.1, -0.05) is 18.7 Å². The largest absolute Gasteiger partial charge is 0.465 e. The van der Waals surface area contributed by atoms with Crippen molar-refractivity contribution in [2.24, 2.45) is 5.92 Å². The lowest BCUT2D eigenvalue weighted by atomic mass is 9.94. The molecule has 1 unspecified atom stereocenters. The van der Waals surface area contributed by atoms with Crippen LogP contribution in [0.4, 0.5) is 4.79 Å². The minimum absolute atomic E-state index is 0.378. The molecule has 8 heteroatoms. The van der Waals surface area contributed by atoms with E-state index in [0.717, 1.165) is 12.8 Å². The number of aromatic nitrogens is 4. The van der Waals surface area contributed by atoms with Gasteiger partial charge in [-0.15, -0.1) is 10.2 Å². The quantitative estimate of drug-likeness (QED) is 0.786. The zero-order chi connectivity index (χ0) is 12.3. The molecule has 1 fully saturated rings. The number of rotatable bonds is 3. The average molecular weight is 257 g/mol. The van der Waals surface area contributed by atoms with E-state index >= 15 is 0 Å². The van der Waals surface area contributed by atoms with Gasteiger partial charge >= 0.3 is 6.09 Å². The summed E-state index contributed by atoms with van der Waals surface area (Å²) in [4.78, 5) is 12.2. The summed E-state index contributed by atoms with van der Waals surface area (Å²) in [6.45, 7) is 3.37.